The Balaban J connectivity index is 1.78. The highest BCUT2D eigenvalue weighted by atomic mass is 32.2. The number of nitrogens with one attached hydrogen (secondary N) is 1. The fourth-order valence-electron chi connectivity index (χ4n) is 3.67. The van der Waals surface area contributed by atoms with Crippen LogP contribution in [0.25, 0.3) is 10.9 Å². The summed E-state index contributed by atoms with van der Waals surface area (Å²) in [6.45, 7) is 1.07. The molecule has 0 radical (unpaired) electrons. The second kappa shape index (κ2) is 9.95. The fraction of sp³-hybridized carbons (Fsp3) is 0.435. The van der Waals surface area contributed by atoms with Crippen molar-refractivity contribution in [1.29, 1.82) is 0 Å². The van der Waals surface area contributed by atoms with Gasteiger partial charge in [-0.3, -0.25) is 19.4 Å². The van der Waals surface area contributed by atoms with Crippen LogP contribution in [0.3, 0.4) is 0 Å². The molecule has 1 aliphatic rings. The summed E-state index contributed by atoms with van der Waals surface area (Å²) < 4.78 is 23.5. The van der Waals surface area contributed by atoms with Gasteiger partial charge in [-0.25, -0.2) is 18.9 Å². The number of aromatic nitrogens is 2. The lowest BCUT2D eigenvalue weighted by molar-refractivity contribution is -0.131. The van der Waals surface area contributed by atoms with Crippen molar-refractivity contribution < 1.29 is 28.6 Å². The number of sulfone groups is 1. The van der Waals surface area contributed by atoms with Crippen molar-refractivity contribution in [2.45, 2.75) is 49.7 Å². The highest BCUT2D eigenvalue weighted by Crippen LogP contribution is 2.25. The largest absolute Gasteiger partial charge is 0.390 e. The van der Waals surface area contributed by atoms with E-state index in [-0.39, 0.29) is 18.9 Å². The molecular formula is C23H25N3O7S. The zero-order valence-electron chi connectivity index (χ0n) is 18.6. The Kier molecular flexibility index (Phi) is 7.44. The molecule has 1 fully saturated rings. The molecule has 0 bridgehead atoms. The van der Waals surface area contributed by atoms with Gasteiger partial charge in [0.2, 0.25) is 0 Å². The van der Waals surface area contributed by atoms with Gasteiger partial charge in [-0.15, -0.1) is 0 Å². The first-order valence-electron chi connectivity index (χ1n) is 10.5. The van der Waals surface area contributed by atoms with Crippen LogP contribution in [-0.4, -0.2) is 62.5 Å². The van der Waals surface area contributed by atoms with Crippen LogP contribution in [0.5, 0.6) is 0 Å². The number of amides is 1. The number of aliphatic hydroxyl groups is 2. The number of benzene rings is 1. The topological polar surface area (TPSA) is 159 Å². The van der Waals surface area contributed by atoms with E-state index in [0.29, 0.717) is 29.3 Å². The zero-order chi connectivity index (χ0) is 25.1. The predicted octanol–water partition coefficient (Wildman–Crippen LogP) is -0.418. The van der Waals surface area contributed by atoms with Gasteiger partial charge >= 0.3 is 0 Å². The molecule has 0 aliphatic heterocycles. The SMILES string of the molecule is C[C@@](CCn1cnc2cc(C#CC#CC3C[C@@H](O)[C@@H](O)C3)ccc2c1=O)(C(=O)NO)S(C)(=O)=O. The van der Waals surface area contributed by atoms with Crippen LogP contribution < -0.4 is 11.0 Å². The Bertz CT molecular complexity index is 1380. The van der Waals surface area contributed by atoms with Gasteiger partial charge in [-0.2, -0.15) is 0 Å². The Morgan fingerprint density at radius 2 is 1.94 bits per heavy atom. The van der Waals surface area contributed by atoms with Crippen LogP contribution in [0.2, 0.25) is 0 Å². The van der Waals surface area contributed by atoms with Gasteiger partial charge in [0.1, 0.15) is 0 Å². The van der Waals surface area contributed by atoms with Gasteiger partial charge < -0.3 is 10.2 Å². The van der Waals surface area contributed by atoms with Gasteiger partial charge in [-0.05, 0) is 56.2 Å². The smallest absolute Gasteiger partial charge is 0.264 e. The van der Waals surface area contributed by atoms with E-state index in [9.17, 15) is 28.2 Å². The first-order valence-corrected chi connectivity index (χ1v) is 12.4. The molecule has 4 atom stereocenters. The molecule has 34 heavy (non-hydrogen) atoms. The number of hydroxylamine groups is 1. The number of carbonyl (C=O) groups excluding carboxylic acids is 1. The summed E-state index contributed by atoms with van der Waals surface area (Å²) in [4.78, 5) is 29.0. The van der Waals surface area contributed by atoms with Crippen molar-refractivity contribution in [2.75, 3.05) is 6.26 Å². The van der Waals surface area contributed by atoms with E-state index in [2.05, 4.69) is 28.7 Å². The number of nitrogens with zero attached hydrogens (tertiary/aromatic N) is 2. The normalized spacial score (nSPS) is 21.6. The van der Waals surface area contributed by atoms with E-state index in [1.54, 1.807) is 18.2 Å². The van der Waals surface area contributed by atoms with E-state index in [1.807, 2.05) is 0 Å². The summed E-state index contributed by atoms with van der Waals surface area (Å²) in [5.41, 5.74) is 1.94. The molecule has 1 aliphatic carbocycles. The standard InChI is InChI=1S/C23H25N3O7S/c1-23(22(30)25-31,34(2,32)33)9-10-26-14-24-18-11-15(7-8-17(18)21(26)29)5-3-4-6-16-12-19(27)20(28)13-16/h7-8,11,14,16,19-20,27-28,31H,9-10,12-13H2,1-2H3,(H,25,30)/t16?,19-,20+,23-/m1/s1. The van der Waals surface area contributed by atoms with Gasteiger partial charge in [0.05, 0.1) is 29.4 Å². The van der Waals surface area contributed by atoms with E-state index in [0.717, 1.165) is 6.26 Å². The van der Waals surface area contributed by atoms with Crippen LogP contribution in [0, 0.1) is 29.6 Å². The molecule has 1 saturated carbocycles. The van der Waals surface area contributed by atoms with Crippen LogP contribution in [0.15, 0.2) is 29.3 Å². The third-order valence-electron chi connectivity index (χ3n) is 6.10. The second-order valence-corrected chi connectivity index (χ2v) is 10.9. The van der Waals surface area contributed by atoms with E-state index >= 15 is 0 Å². The molecule has 3 rings (SSSR count). The number of carbonyl (C=O) groups is 1. The van der Waals surface area contributed by atoms with Gasteiger partial charge in [0.25, 0.3) is 11.5 Å². The number of hydrogen-bond acceptors (Lipinski definition) is 8. The number of aliphatic hydroxyl groups excluding tert-OH is 2. The molecule has 1 aromatic carbocycles. The first kappa shape index (κ1) is 25.4. The molecule has 10 nitrogen and oxygen atoms in total. The van der Waals surface area contributed by atoms with Crippen molar-refractivity contribution >= 4 is 26.6 Å². The van der Waals surface area contributed by atoms with Crippen LogP contribution >= 0.6 is 0 Å². The molecule has 11 heteroatoms. The highest BCUT2D eigenvalue weighted by Gasteiger charge is 2.43. The Hall–Kier alpha value is -3.22. The van der Waals surface area contributed by atoms with E-state index < -0.39 is 38.3 Å². The highest BCUT2D eigenvalue weighted by molar-refractivity contribution is 7.92. The lowest BCUT2D eigenvalue weighted by Crippen LogP contribution is -2.50. The lowest BCUT2D eigenvalue weighted by atomic mass is 10.1. The van der Waals surface area contributed by atoms with Gasteiger partial charge in [0, 0.05) is 24.3 Å². The zero-order valence-corrected chi connectivity index (χ0v) is 19.5. The van der Waals surface area contributed by atoms with Crippen molar-refractivity contribution in [3.63, 3.8) is 0 Å². The summed E-state index contributed by atoms with van der Waals surface area (Å²) >= 11 is 0. The molecule has 4 N–H and O–H groups in total. The third kappa shape index (κ3) is 5.29. The Morgan fingerprint density at radius 1 is 1.26 bits per heavy atom. The molecular weight excluding hydrogens is 462 g/mol. The summed E-state index contributed by atoms with van der Waals surface area (Å²) in [7, 11) is -3.89. The lowest BCUT2D eigenvalue weighted by Gasteiger charge is -2.25. The van der Waals surface area contributed by atoms with Crippen molar-refractivity contribution in [2.24, 2.45) is 5.92 Å². The quantitative estimate of drug-likeness (QED) is 0.251. The summed E-state index contributed by atoms with van der Waals surface area (Å²) in [6.07, 6.45) is 1.22. The monoisotopic (exact) mass is 487 g/mol. The molecule has 1 aromatic heterocycles. The molecule has 180 valence electrons. The average molecular weight is 488 g/mol. The van der Waals surface area contributed by atoms with Crippen LogP contribution in [0.1, 0.15) is 31.7 Å². The minimum absolute atomic E-state index is 0.107. The van der Waals surface area contributed by atoms with Crippen LogP contribution in [0.4, 0.5) is 0 Å². The molecule has 0 saturated heterocycles. The molecule has 1 amide bonds. The van der Waals surface area contributed by atoms with Crippen molar-refractivity contribution in [3.8, 4) is 23.7 Å². The summed E-state index contributed by atoms with van der Waals surface area (Å²) in [5.74, 6) is 10.0. The molecule has 1 unspecified atom stereocenters. The average Bonchev–Trinajstić information content (AvgIpc) is 3.11. The van der Waals surface area contributed by atoms with Gasteiger partial charge in [0.15, 0.2) is 14.6 Å². The third-order valence-corrected chi connectivity index (χ3v) is 8.12. The minimum Gasteiger partial charge on any atom is -0.390 e. The predicted molar refractivity (Wildman–Crippen MR) is 123 cm³/mol. The van der Waals surface area contributed by atoms with E-state index in [4.69, 9.17) is 5.21 Å². The van der Waals surface area contributed by atoms with Crippen molar-refractivity contribution in [1.82, 2.24) is 15.0 Å². The summed E-state index contributed by atoms with van der Waals surface area (Å²) in [6, 6.07) is 4.81. The maximum atomic E-state index is 12.8. The molecule has 2 aromatic rings. The number of hydrogen-bond donors (Lipinski definition) is 4. The molecule has 0 spiro atoms. The number of aryl methyl sites for hydroxylation is 1. The second-order valence-electron chi connectivity index (χ2n) is 8.49. The Morgan fingerprint density at radius 3 is 2.56 bits per heavy atom. The number of fused-ring (bicyclic) bond motifs is 1. The van der Waals surface area contributed by atoms with Crippen molar-refractivity contribution in [3.05, 3.63) is 40.4 Å². The molecule has 1 heterocycles. The maximum Gasteiger partial charge on any atom is 0.264 e. The van der Waals surface area contributed by atoms with E-state index in [1.165, 1.54) is 23.3 Å². The minimum atomic E-state index is -3.89. The maximum absolute atomic E-state index is 12.8. The number of rotatable bonds is 5. The first-order chi connectivity index (χ1) is 16.0. The summed E-state index contributed by atoms with van der Waals surface area (Å²) in [5, 5.41) is 28.3. The van der Waals surface area contributed by atoms with Gasteiger partial charge in [-0.1, -0.05) is 11.8 Å². The Labute approximate surface area is 196 Å². The van der Waals surface area contributed by atoms with Crippen LogP contribution in [-0.2, 0) is 21.2 Å². The fourth-order valence-corrected chi connectivity index (χ4v) is 4.51.